The van der Waals surface area contributed by atoms with E-state index in [4.69, 9.17) is 4.74 Å². The van der Waals surface area contributed by atoms with Gasteiger partial charge in [-0.3, -0.25) is 15.0 Å². The van der Waals surface area contributed by atoms with Crippen molar-refractivity contribution in [2.24, 2.45) is 0 Å². The predicted molar refractivity (Wildman–Crippen MR) is 109 cm³/mol. The molecule has 3 aromatic rings. The van der Waals surface area contributed by atoms with Crippen molar-refractivity contribution in [3.63, 3.8) is 0 Å². The Morgan fingerprint density at radius 3 is 2.93 bits per heavy atom. The van der Waals surface area contributed by atoms with Gasteiger partial charge in [-0.15, -0.1) is 0 Å². The van der Waals surface area contributed by atoms with Gasteiger partial charge in [0.05, 0.1) is 24.6 Å². The number of aromatic amines is 2. The number of fused-ring (bicyclic) bond motifs is 1. The lowest BCUT2D eigenvalue weighted by Crippen LogP contribution is -2.29. The SMILES string of the molecule is CCc1ccc(-c2cc(C(=O)N3CCC(c4n[nH]c5c4COCC5)C3)[nH]n2)cc1. The van der Waals surface area contributed by atoms with E-state index in [0.29, 0.717) is 18.8 Å². The topological polar surface area (TPSA) is 86.9 Å². The zero-order valence-electron chi connectivity index (χ0n) is 16.6. The average Bonchev–Trinajstić information content (AvgIpc) is 3.52. The van der Waals surface area contributed by atoms with Gasteiger partial charge in [-0.25, -0.2) is 0 Å². The Labute approximate surface area is 169 Å². The van der Waals surface area contributed by atoms with Crippen molar-refractivity contribution in [3.05, 3.63) is 58.5 Å². The monoisotopic (exact) mass is 391 g/mol. The van der Waals surface area contributed by atoms with Crippen molar-refractivity contribution < 1.29 is 9.53 Å². The van der Waals surface area contributed by atoms with Crippen LogP contribution in [0.5, 0.6) is 0 Å². The number of rotatable bonds is 4. The maximum atomic E-state index is 13.0. The Morgan fingerprint density at radius 2 is 2.10 bits per heavy atom. The maximum absolute atomic E-state index is 13.0. The fourth-order valence-electron chi connectivity index (χ4n) is 4.30. The highest BCUT2D eigenvalue weighted by Crippen LogP contribution is 2.32. The van der Waals surface area contributed by atoms with Crippen molar-refractivity contribution in [3.8, 4) is 11.3 Å². The minimum absolute atomic E-state index is 0.00270. The van der Waals surface area contributed by atoms with Gasteiger partial charge in [0.25, 0.3) is 5.91 Å². The van der Waals surface area contributed by atoms with Gasteiger partial charge in [0.1, 0.15) is 5.69 Å². The molecule has 150 valence electrons. The number of nitrogens with one attached hydrogen (secondary N) is 2. The number of nitrogens with zero attached hydrogens (tertiary/aromatic N) is 3. The predicted octanol–water partition coefficient (Wildman–Crippen LogP) is 3.06. The van der Waals surface area contributed by atoms with Gasteiger partial charge in [-0.05, 0) is 24.5 Å². The van der Waals surface area contributed by atoms with Gasteiger partial charge in [0.15, 0.2) is 0 Å². The molecule has 1 unspecified atom stereocenters. The third-order valence-electron chi connectivity index (χ3n) is 6.06. The molecular weight excluding hydrogens is 366 g/mol. The Morgan fingerprint density at radius 1 is 1.24 bits per heavy atom. The molecule has 1 atom stereocenters. The summed E-state index contributed by atoms with van der Waals surface area (Å²) in [4.78, 5) is 14.9. The van der Waals surface area contributed by atoms with Crippen LogP contribution in [0.15, 0.2) is 30.3 Å². The Hall–Kier alpha value is -2.93. The van der Waals surface area contributed by atoms with Gasteiger partial charge in [-0.1, -0.05) is 31.2 Å². The molecule has 1 aromatic carbocycles. The molecule has 7 heteroatoms. The number of hydrogen-bond donors (Lipinski definition) is 2. The van der Waals surface area contributed by atoms with Crippen molar-refractivity contribution in [2.75, 3.05) is 19.7 Å². The normalized spacial score (nSPS) is 18.8. The highest BCUT2D eigenvalue weighted by Gasteiger charge is 2.33. The zero-order chi connectivity index (χ0) is 19.8. The second-order valence-electron chi connectivity index (χ2n) is 7.82. The van der Waals surface area contributed by atoms with Gasteiger partial charge < -0.3 is 9.64 Å². The van der Waals surface area contributed by atoms with Crippen LogP contribution < -0.4 is 0 Å². The molecule has 2 aromatic heterocycles. The molecule has 2 N–H and O–H groups in total. The van der Waals surface area contributed by atoms with Gasteiger partial charge >= 0.3 is 0 Å². The van der Waals surface area contributed by atoms with E-state index in [1.54, 1.807) is 0 Å². The fraction of sp³-hybridized carbons (Fsp3) is 0.409. The molecule has 1 fully saturated rings. The minimum atomic E-state index is -0.00270. The number of aromatic nitrogens is 4. The first-order chi connectivity index (χ1) is 14.2. The van der Waals surface area contributed by atoms with E-state index in [1.807, 2.05) is 11.0 Å². The van der Waals surface area contributed by atoms with Gasteiger partial charge in [-0.2, -0.15) is 10.2 Å². The van der Waals surface area contributed by atoms with E-state index >= 15 is 0 Å². The smallest absolute Gasteiger partial charge is 0.271 e. The van der Waals surface area contributed by atoms with Crippen LogP contribution in [0.25, 0.3) is 11.3 Å². The van der Waals surface area contributed by atoms with Crippen molar-refractivity contribution in [1.29, 1.82) is 0 Å². The lowest BCUT2D eigenvalue weighted by molar-refractivity contribution is 0.0784. The highest BCUT2D eigenvalue weighted by atomic mass is 16.5. The van der Waals surface area contributed by atoms with Crippen LogP contribution in [0.2, 0.25) is 0 Å². The number of H-pyrrole nitrogens is 2. The number of ether oxygens (including phenoxy) is 1. The van der Waals surface area contributed by atoms with Crippen molar-refractivity contribution in [1.82, 2.24) is 25.3 Å². The van der Waals surface area contributed by atoms with E-state index in [1.165, 1.54) is 16.8 Å². The Balaban J connectivity index is 1.29. The summed E-state index contributed by atoms with van der Waals surface area (Å²) >= 11 is 0. The standard InChI is InChI=1S/C22H25N5O2/c1-2-14-3-5-15(6-4-14)19-11-20(25-24-19)22(28)27-9-7-16(12-27)21-17-13-29-10-8-18(17)23-26-21/h3-6,11,16H,2,7-10,12-13H2,1H3,(H,23,26)(H,24,25). The maximum Gasteiger partial charge on any atom is 0.271 e. The first-order valence-corrected chi connectivity index (χ1v) is 10.3. The number of carbonyl (C=O) groups excluding carboxylic acids is 1. The molecule has 2 aliphatic rings. The van der Waals surface area contributed by atoms with Crippen LogP contribution in [-0.4, -0.2) is 50.9 Å². The molecule has 29 heavy (non-hydrogen) atoms. The van der Waals surface area contributed by atoms with Crippen LogP contribution in [0.3, 0.4) is 0 Å². The summed E-state index contributed by atoms with van der Waals surface area (Å²) in [5.41, 5.74) is 7.07. The summed E-state index contributed by atoms with van der Waals surface area (Å²) in [7, 11) is 0. The van der Waals surface area contributed by atoms with Crippen molar-refractivity contribution in [2.45, 2.75) is 38.7 Å². The second-order valence-corrected chi connectivity index (χ2v) is 7.82. The molecule has 1 saturated heterocycles. The number of hydrogen-bond acceptors (Lipinski definition) is 4. The van der Waals surface area contributed by atoms with E-state index < -0.39 is 0 Å². The molecule has 0 saturated carbocycles. The molecule has 0 bridgehead atoms. The molecule has 0 aliphatic carbocycles. The van der Waals surface area contributed by atoms with Crippen LogP contribution >= 0.6 is 0 Å². The molecule has 0 radical (unpaired) electrons. The van der Waals surface area contributed by atoms with Crippen LogP contribution in [0.4, 0.5) is 0 Å². The first kappa shape index (κ1) is 18.1. The minimum Gasteiger partial charge on any atom is -0.376 e. The number of likely N-dealkylation sites (tertiary alicyclic amines) is 1. The molecule has 1 amide bonds. The summed E-state index contributed by atoms with van der Waals surface area (Å²) in [6, 6.07) is 10.2. The molecular formula is C22H25N5O2. The van der Waals surface area contributed by atoms with Gasteiger partial charge in [0.2, 0.25) is 0 Å². The molecule has 7 nitrogen and oxygen atoms in total. The summed E-state index contributed by atoms with van der Waals surface area (Å²) in [5.74, 6) is 0.252. The fourth-order valence-corrected chi connectivity index (χ4v) is 4.30. The lowest BCUT2D eigenvalue weighted by Gasteiger charge is -2.17. The highest BCUT2D eigenvalue weighted by molar-refractivity contribution is 5.93. The number of carbonyl (C=O) groups is 1. The Bertz CT molecular complexity index is 1020. The molecule has 4 heterocycles. The summed E-state index contributed by atoms with van der Waals surface area (Å²) in [6.45, 7) is 4.90. The summed E-state index contributed by atoms with van der Waals surface area (Å²) < 4.78 is 5.60. The van der Waals surface area contributed by atoms with Crippen LogP contribution in [0.1, 0.15) is 52.3 Å². The Kier molecular flexibility index (Phi) is 4.67. The van der Waals surface area contributed by atoms with Gasteiger partial charge in [0, 0.05) is 42.2 Å². The first-order valence-electron chi connectivity index (χ1n) is 10.3. The van der Waals surface area contributed by atoms with Crippen LogP contribution in [0, 0.1) is 0 Å². The molecule has 2 aliphatic heterocycles. The molecule has 5 rings (SSSR count). The summed E-state index contributed by atoms with van der Waals surface area (Å²) in [5, 5.41) is 15.0. The van der Waals surface area contributed by atoms with Crippen molar-refractivity contribution >= 4 is 5.91 Å². The van der Waals surface area contributed by atoms with E-state index in [2.05, 4.69) is 51.6 Å². The number of amides is 1. The number of benzene rings is 1. The zero-order valence-corrected chi connectivity index (χ0v) is 16.6. The van der Waals surface area contributed by atoms with Crippen LogP contribution in [-0.2, 0) is 24.2 Å². The second kappa shape index (κ2) is 7.48. The largest absolute Gasteiger partial charge is 0.376 e. The van der Waals surface area contributed by atoms with E-state index in [-0.39, 0.29) is 11.8 Å². The summed E-state index contributed by atoms with van der Waals surface area (Å²) in [6.07, 6.45) is 2.81. The third-order valence-corrected chi connectivity index (χ3v) is 6.06. The average molecular weight is 391 g/mol. The third kappa shape index (κ3) is 3.35. The quantitative estimate of drug-likeness (QED) is 0.716. The number of aryl methyl sites for hydroxylation is 1. The van der Waals surface area contributed by atoms with E-state index in [0.717, 1.165) is 49.4 Å². The lowest BCUT2D eigenvalue weighted by atomic mass is 9.98. The molecule has 0 spiro atoms. The van der Waals surface area contributed by atoms with E-state index in [9.17, 15) is 4.79 Å².